The van der Waals surface area contributed by atoms with Crippen LogP contribution in [0.1, 0.15) is 10.4 Å². The van der Waals surface area contributed by atoms with Crippen molar-refractivity contribution in [2.24, 2.45) is 0 Å². The van der Waals surface area contributed by atoms with Gasteiger partial charge >= 0.3 is 5.63 Å². The Morgan fingerprint density at radius 3 is 1.61 bits per heavy atom. The van der Waals surface area contributed by atoms with Crippen LogP contribution in [0, 0.1) is 0 Å². The highest BCUT2D eigenvalue weighted by molar-refractivity contribution is 6.14. The number of benzene rings is 3. The molecule has 12 heteroatoms. The van der Waals surface area contributed by atoms with Crippen LogP contribution in [-0.4, -0.2) is 61.5 Å². The summed E-state index contributed by atoms with van der Waals surface area (Å²) in [5.41, 5.74) is 2.08. The van der Waals surface area contributed by atoms with Gasteiger partial charge in [-0.1, -0.05) is 0 Å². The smallest absolute Gasteiger partial charge is 0.336 e. The maximum absolute atomic E-state index is 13.7. The van der Waals surface area contributed by atoms with E-state index < -0.39 is 5.63 Å². The van der Waals surface area contributed by atoms with E-state index in [0.29, 0.717) is 73.7 Å². The summed E-state index contributed by atoms with van der Waals surface area (Å²) in [6.45, 7) is 0.388. The molecule has 2 N–H and O–H groups in total. The fourth-order valence-corrected chi connectivity index (χ4v) is 4.88. The number of anilines is 2. The minimum atomic E-state index is -0.498. The first-order valence-electron chi connectivity index (χ1n) is 13.4. The molecular formula is C32H32N2O10. The van der Waals surface area contributed by atoms with E-state index in [-0.39, 0.29) is 24.6 Å². The van der Waals surface area contributed by atoms with Crippen LogP contribution in [0.25, 0.3) is 11.0 Å². The molecule has 3 aromatic carbocycles. The van der Waals surface area contributed by atoms with Gasteiger partial charge < -0.3 is 48.2 Å². The number of methoxy groups -OCH3 is 6. The lowest BCUT2D eigenvalue weighted by Gasteiger charge is -2.18. The molecule has 0 atom stereocenters. The van der Waals surface area contributed by atoms with Crippen LogP contribution < -0.4 is 49.4 Å². The average Bonchev–Trinajstić information content (AvgIpc) is 3.36. The fourth-order valence-electron chi connectivity index (χ4n) is 4.88. The van der Waals surface area contributed by atoms with E-state index in [4.69, 9.17) is 37.6 Å². The molecule has 12 nitrogen and oxygen atoms in total. The van der Waals surface area contributed by atoms with E-state index in [1.54, 1.807) is 42.5 Å². The van der Waals surface area contributed by atoms with E-state index in [1.807, 2.05) is 0 Å². The number of rotatable bonds is 12. The highest BCUT2D eigenvalue weighted by atomic mass is 16.5. The molecule has 0 radical (unpaired) electrons. The Bertz CT molecular complexity index is 1690. The van der Waals surface area contributed by atoms with Gasteiger partial charge in [0.25, 0.3) is 0 Å². The van der Waals surface area contributed by atoms with Gasteiger partial charge in [0.15, 0.2) is 28.8 Å². The number of allylic oxidation sites excluding steroid dienone is 1. The summed E-state index contributed by atoms with van der Waals surface area (Å²) in [7, 11) is 9.18. The van der Waals surface area contributed by atoms with E-state index in [0.717, 1.165) is 0 Å². The Labute approximate surface area is 253 Å². The number of hydrogen-bond donors (Lipinski definition) is 2. The number of carbonyl (C=O) groups excluding carboxylic acids is 1. The van der Waals surface area contributed by atoms with Gasteiger partial charge in [-0.2, -0.15) is 0 Å². The van der Waals surface area contributed by atoms with Crippen LogP contribution in [0.2, 0.25) is 0 Å². The highest BCUT2D eigenvalue weighted by Gasteiger charge is 2.31. The van der Waals surface area contributed by atoms with Gasteiger partial charge in [-0.05, 0) is 12.1 Å². The number of carbonyl (C=O) groups is 1. The van der Waals surface area contributed by atoms with Crippen molar-refractivity contribution in [2.75, 3.05) is 66.4 Å². The Hall–Kier alpha value is -5.52. The molecule has 44 heavy (non-hydrogen) atoms. The minimum Gasteiger partial charge on any atom is -0.493 e. The van der Waals surface area contributed by atoms with Gasteiger partial charge in [-0.3, -0.25) is 4.79 Å². The van der Waals surface area contributed by atoms with Crippen molar-refractivity contribution in [3.05, 3.63) is 75.8 Å². The molecule has 230 valence electrons. The lowest BCUT2D eigenvalue weighted by molar-refractivity contribution is 0.101. The summed E-state index contributed by atoms with van der Waals surface area (Å²) in [6, 6.07) is 13.2. The van der Waals surface area contributed by atoms with Crippen molar-refractivity contribution in [3.8, 4) is 40.2 Å². The fraction of sp³-hybridized carbons (Fsp3) is 0.250. The number of ketones is 1. The average molecular weight is 605 g/mol. The molecule has 4 aromatic rings. The zero-order chi connectivity index (χ0) is 31.4. The van der Waals surface area contributed by atoms with E-state index in [9.17, 15) is 9.59 Å². The van der Waals surface area contributed by atoms with Gasteiger partial charge in [0, 0.05) is 71.8 Å². The number of Topliss-reactive ketones (excluding diaryl/α,β-unsaturated/α-hetero) is 1. The molecule has 0 spiro atoms. The minimum absolute atomic E-state index is 0.137. The molecule has 0 unspecified atom stereocenters. The third kappa shape index (κ3) is 5.74. The summed E-state index contributed by atoms with van der Waals surface area (Å²) in [4.78, 5) is 25.5. The third-order valence-corrected chi connectivity index (χ3v) is 7.05. The van der Waals surface area contributed by atoms with Crippen LogP contribution >= 0.6 is 0 Å². The Kier molecular flexibility index (Phi) is 8.70. The largest absolute Gasteiger partial charge is 0.493 e. The van der Waals surface area contributed by atoms with Crippen molar-refractivity contribution >= 4 is 28.1 Å². The predicted molar refractivity (Wildman–Crippen MR) is 164 cm³/mol. The molecule has 1 aliphatic rings. The van der Waals surface area contributed by atoms with Crippen molar-refractivity contribution in [3.63, 3.8) is 0 Å². The number of nitrogens with one attached hydrogen (secondary N) is 2. The molecule has 1 aliphatic heterocycles. The van der Waals surface area contributed by atoms with Crippen molar-refractivity contribution in [1.82, 2.24) is 0 Å². The van der Waals surface area contributed by atoms with Crippen LogP contribution in [0.5, 0.6) is 40.2 Å². The van der Waals surface area contributed by atoms with Crippen LogP contribution in [-0.2, 0) is 0 Å². The third-order valence-electron chi connectivity index (χ3n) is 7.05. The zero-order valence-electron chi connectivity index (χ0n) is 25.1. The first-order chi connectivity index (χ1) is 21.3. The van der Waals surface area contributed by atoms with Crippen LogP contribution in [0.4, 0.5) is 11.4 Å². The molecule has 0 saturated carbocycles. The second-order valence-electron chi connectivity index (χ2n) is 9.54. The Morgan fingerprint density at radius 1 is 0.659 bits per heavy atom. The summed E-state index contributed by atoms with van der Waals surface area (Å²) in [5.74, 6) is 2.89. The highest BCUT2D eigenvalue weighted by Crippen LogP contribution is 2.42. The van der Waals surface area contributed by atoms with Gasteiger partial charge in [-0.15, -0.1) is 0 Å². The molecule has 2 heterocycles. The quantitative estimate of drug-likeness (QED) is 0.168. The van der Waals surface area contributed by atoms with Gasteiger partial charge in [-0.25, -0.2) is 4.79 Å². The second-order valence-corrected chi connectivity index (χ2v) is 9.54. The topological polar surface area (TPSA) is 136 Å². The van der Waals surface area contributed by atoms with Gasteiger partial charge in [0.05, 0.1) is 48.2 Å². The first kappa shape index (κ1) is 30.0. The monoisotopic (exact) mass is 604 g/mol. The second kappa shape index (κ2) is 12.8. The maximum atomic E-state index is 13.7. The standard InChI is InChI=1S/C32H32N2O10/c1-37-24-10-19(11-25(38-2)31(24)41-5)33-15-18(16-34-20-12-26(39-3)32(42-6)27(13-20)40-4)30-29(36)21-9-17-7-8-28(35)43-22(17)14-23(21)44-30/h7-14,33-34H,15-16H2,1-6H3. The summed E-state index contributed by atoms with van der Waals surface area (Å²) < 4.78 is 44.2. The van der Waals surface area contributed by atoms with Crippen molar-refractivity contribution in [1.29, 1.82) is 0 Å². The SMILES string of the molecule is COc1cc(NCC(CNc2cc(OC)c(OC)c(OC)c2)=C2Oc3cc4oc(=O)ccc4cc3C2=O)cc(OC)c1OC. The number of ether oxygens (including phenoxy) is 7. The summed E-state index contributed by atoms with van der Waals surface area (Å²) in [6.07, 6.45) is 0. The summed E-state index contributed by atoms with van der Waals surface area (Å²) >= 11 is 0. The summed E-state index contributed by atoms with van der Waals surface area (Å²) in [5, 5.41) is 7.28. The predicted octanol–water partition coefficient (Wildman–Crippen LogP) is 4.90. The first-order valence-corrected chi connectivity index (χ1v) is 13.4. The molecule has 0 amide bonds. The Balaban J connectivity index is 1.52. The maximum Gasteiger partial charge on any atom is 0.336 e. The molecule has 0 bridgehead atoms. The molecule has 0 aliphatic carbocycles. The Morgan fingerprint density at radius 2 is 1.16 bits per heavy atom. The van der Waals surface area contributed by atoms with Crippen molar-refractivity contribution < 1.29 is 42.4 Å². The normalized spacial score (nSPS) is 11.9. The molecular weight excluding hydrogens is 572 g/mol. The van der Waals surface area contributed by atoms with Crippen molar-refractivity contribution in [2.45, 2.75) is 0 Å². The molecule has 1 aromatic heterocycles. The van der Waals surface area contributed by atoms with Crippen LogP contribution in [0.3, 0.4) is 0 Å². The molecule has 5 rings (SSSR count). The van der Waals surface area contributed by atoms with Gasteiger partial charge in [0.1, 0.15) is 11.3 Å². The van der Waals surface area contributed by atoms with E-state index in [2.05, 4.69) is 10.6 Å². The lowest BCUT2D eigenvalue weighted by Crippen LogP contribution is -2.19. The van der Waals surface area contributed by atoms with E-state index in [1.165, 1.54) is 48.7 Å². The molecule has 0 fully saturated rings. The number of fused-ring (bicyclic) bond motifs is 2. The lowest BCUT2D eigenvalue weighted by atomic mass is 10.1. The zero-order valence-corrected chi connectivity index (χ0v) is 25.1. The number of hydrogen-bond acceptors (Lipinski definition) is 12. The van der Waals surface area contributed by atoms with E-state index >= 15 is 0 Å². The van der Waals surface area contributed by atoms with Gasteiger partial charge in [0.2, 0.25) is 17.3 Å². The molecule has 0 saturated heterocycles. The van der Waals surface area contributed by atoms with Crippen LogP contribution in [0.15, 0.2) is 69.1 Å².